The Labute approximate surface area is 317 Å². The molecule has 280 valence electrons. The molecule has 0 radical (unpaired) electrons. The first-order valence-electron chi connectivity index (χ1n) is 16.9. The third-order valence-corrected chi connectivity index (χ3v) is 9.66. The Balaban J connectivity index is 1.31. The summed E-state index contributed by atoms with van der Waals surface area (Å²) in [6.07, 6.45) is 0. The van der Waals surface area contributed by atoms with Crippen molar-refractivity contribution in [3.63, 3.8) is 0 Å². The lowest BCUT2D eigenvalue weighted by Gasteiger charge is -2.14. The third kappa shape index (κ3) is 9.17. The van der Waals surface area contributed by atoms with Gasteiger partial charge in [-0.25, -0.2) is 0 Å². The zero-order valence-electron chi connectivity index (χ0n) is 29.3. The fraction of sp³-hybridized carbons (Fsp3) is 0.270. The van der Waals surface area contributed by atoms with E-state index in [-0.39, 0.29) is 47.6 Å². The Hall–Kier alpha value is -5.49. The van der Waals surface area contributed by atoms with Crippen LogP contribution in [0.1, 0.15) is 29.8 Å². The molecule has 0 saturated heterocycles. The second kappa shape index (κ2) is 18.0. The highest BCUT2D eigenvalue weighted by Gasteiger charge is 2.27. The van der Waals surface area contributed by atoms with Crippen LogP contribution in [0.5, 0.6) is 11.5 Å². The summed E-state index contributed by atoms with van der Waals surface area (Å²) >= 11 is 2.51. The summed E-state index contributed by atoms with van der Waals surface area (Å²) in [4.78, 5) is 41.8. The van der Waals surface area contributed by atoms with Crippen LogP contribution in [0.3, 0.4) is 0 Å². The van der Waals surface area contributed by atoms with Crippen LogP contribution in [0, 0.1) is 0 Å². The molecule has 0 fully saturated rings. The number of esters is 2. The predicted molar refractivity (Wildman–Crippen MR) is 201 cm³/mol. The number of phenolic OH excluding ortho intramolecular Hbond substituents is 2. The van der Waals surface area contributed by atoms with Gasteiger partial charge in [0.1, 0.15) is 41.0 Å². The van der Waals surface area contributed by atoms with Crippen molar-refractivity contribution < 1.29 is 43.5 Å². The maximum absolute atomic E-state index is 13.8. The van der Waals surface area contributed by atoms with Crippen molar-refractivity contribution in [2.75, 3.05) is 51.1 Å². The van der Waals surface area contributed by atoms with Gasteiger partial charge in [-0.3, -0.25) is 14.4 Å². The molecule has 0 aliphatic rings. The number of benzene rings is 4. The number of aromatic hydroxyl groups is 2. The molecule has 0 spiro atoms. The zero-order chi connectivity index (χ0) is 38.0. The molecule has 54 heavy (non-hydrogen) atoms. The van der Waals surface area contributed by atoms with E-state index in [0.717, 1.165) is 14.5 Å². The quantitative estimate of drug-likeness (QED) is 0.0505. The lowest BCUT2D eigenvalue weighted by molar-refractivity contribution is -0.142. The highest BCUT2D eigenvalue weighted by molar-refractivity contribution is 8.00. The first-order chi connectivity index (χ1) is 26.2. The van der Waals surface area contributed by atoms with E-state index in [1.54, 1.807) is 66.7 Å². The molecule has 2 heterocycles. The van der Waals surface area contributed by atoms with Crippen LogP contribution < -0.4 is 0 Å². The second-order valence-corrected chi connectivity index (χ2v) is 13.5. The van der Waals surface area contributed by atoms with Gasteiger partial charge in [0.05, 0.1) is 30.3 Å². The number of carbonyl (C=O) groups is 3. The fourth-order valence-electron chi connectivity index (χ4n) is 5.16. The molecule has 0 bridgehead atoms. The van der Waals surface area contributed by atoms with Gasteiger partial charge in [0, 0.05) is 28.6 Å². The van der Waals surface area contributed by atoms with E-state index < -0.39 is 23.3 Å². The van der Waals surface area contributed by atoms with Crippen LogP contribution in [0.4, 0.5) is 0 Å². The summed E-state index contributed by atoms with van der Waals surface area (Å²) in [6.45, 7) is 5.78. The van der Waals surface area contributed by atoms with Gasteiger partial charge in [-0.2, -0.15) is 0 Å². The van der Waals surface area contributed by atoms with Gasteiger partial charge in [0.25, 0.3) is 0 Å². The normalized spacial score (nSPS) is 11.3. The number of carbonyl (C=O) groups excluding carboxylic acids is 3. The van der Waals surface area contributed by atoms with Crippen LogP contribution in [-0.2, 0) is 28.5 Å². The van der Waals surface area contributed by atoms with Crippen molar-refractivity contribution in [3.05, 3.63) is 83.9 Å². The molecule has 6 aromatic rings. The number of hydrogen-bond acceptors (Lipinski definition) is 15. The smallest absolute Gasteiger partial charge is 0.316 e. The first-order valence-corrected chi connectivity index (χ1v) is 18.9. The van der Waals surface area contributed by atoms with Gasteiger partial charge in [-0.05, 0) is 56.3 Å². The number of phenols is 2. The fourth-order valence-corrected chi connectivity index (χ4v) is 6.61. The van der Waals surface area contributed by atoms with Crippen molar-refractivity contribution in [1.82, 2.24) is 30.0 Å². The third-order valence-electron chi connectivity index (χ3n) is 7.73. The standard InChI is InChI=1S/C37H36N6O9S2/c1-3-49-14-16-51-32(44)21-53-24-10-12-27-29(18-24)40-42(38-27)31-20-26(35(46)23-8-6-5-7-9-23)36(47)34(37(31)48)43-39-28-13-11-25(19-30(28)41-43)54-22-33(45)52-17-15-50-4-2/h5-13,18-20,47-48H,3-4,14-17,21-22H2,1-2H3. The Morgan fingerprint density at radius 1 is 0.630 bits per heavy atom. The van der Waals surface area contributed by atoms with Crippen molar-refractivity contribution >= 4 is 63.3 Å². The average molecular weight is 773 g/mol. The lowest BCUT2D eigenvalue weighted by atomic mass is 10.0. The maximum Gasteiger partial charge on any atom is 0.316 e. The molecule has 0 atom stereocenters. The van der Waals surface area contributed by atoms with Crippen molar-refractivity contribution in [1.29, 1.82) is 0 Å². The molecule has 0 aliphatic heterocycles. The monoisotopic (exact) mass is 772 g/mol. The summed E-state index contributed by atoms with van der Waals surface area (Å²) in [5.41, 5.74) is 1.59. The first kappa shape index (κ1) is 38.2. The Morgan fingerprint density at radius 3 is 1.70 bits per heavy atom. The molecule has 17 heteroatoms. The van der Waals surface area contributed by atoms with E-state index in [9.17, 15) is 24.6 Å². The van der Waals surface area contributed by atoms with Crippen LogP contribution >= 0.6 is 23.5 Å². The molecule has 6 rings (SSSR count). The molecule has 0 aliphatic carbocycles. The molecular formula is C37H36N6O9S2. The number of thioether (sulfide) groups is 2. The van der Waals surface area contributed by atoms with Crippen LogP contribution in [-0.4, -0.2) is 109 Å². The minimum atomic E-state index is -0.557. The van der Waals surface area contributed by atoms with Gasteiger partial charge in [-0.15, -0.1) is 53.5 Å². The molecule has 2 N–H and O–H groups in total. The van der Waals surface area contributed by atoms with Gasteiger partial charge in [0.2, 0.25) is 0 Å². The van der Waals surface area contributed by atoms with E-state index in [2.05, 4.69) is 20.4 Å². The summed E-state index contributed by atoms with van der Waals surface area (Å²) in [6, 6.07) is 20.1. The van der Waals surface area contributed by atoms with Gasteiger partial charge >= 0.3 is 11.9 Å². The second-order valence-electron chi connectivity index (χ2n) is 11.4. The number of ketones is 1. The summed E-state index contributed by atoms with van der Waals surface area (Å²) in [5, 5.41) is 41.4. The molecular weight excluding hydrogens is 737 g/mol. The zero-order valence-corrected chi connectivity index (χ0v) is 31.0. The van der Waals surface area contributed by atoms with Gasteiger partial charge in [-0.1, -0.05) is 30.3 Å². The highest BCUT2D eigenvalue weighted by Crippen LogP contribution is 2.40. The minimum absolute atomic E-state index is 0.0224. The van der Waals surface area contributed by atoms with E-state index in [1.807, 2.05) is 13.8 Å². The number of rotatable bonds is 18. The number of nitrogens with zero attached hydrogens (tertiary/aromatic N) is 6. The van der Waals surface area contributed by atoms with Gasteiger partial charge in [0.15, 0.2) is 23.0 Å². The molecule has 0 amide bonds. The topological polar surface area (TPSA) is 190 Å². The summed E-state index contributed by atoms with van der Waals surface area (Å²) < 4.78 is 20.8. The minimum Gasteiger partial charge on any atom is -0.505 e. The van der Waals surface area contributed by atoms with Gasteiger partial charge < -0.3 is 29.2 Å². The number of aromatic nitrogens is 6. The predicted octanol–water partition coefficient (Wildman–Crippen LogP) is 5.14. The highest BCUT2D eigenvalue weighted by atomic mass is 32.2. The van der Waals surface area contributed by atoms with Crippen molar-refractivity contribution in [2.24, 2.45) is 0 Å². The Kier molecular flexibility index (Phi) is 12.8. The maximum atomic E-state index is 13.8. The number of hydrogen-bond donors (Lipinski definition) is 2. The Bertz CT molecular complexity index is 2280. The molecule has 2 aromatic heterocycles. The van der Waals surface area contributed by atoms with E-state index in [4.69, 9.17) is 18.9 Å². The van der Waals surface area contributed by atoms with E-state index in [0.29, 0.717) is 59.0 Å². The molecule has 0 unspecified atom stereocenters. The van der Waals surface area contributed by atoms with Crippen LogP contribution in [0.15, 0.2) is 82.6 Å². The van der Waals surface area contributed by atoms with E-state index in [1.165, 1.54) is 29.6 Å². The number of ether oxygens (including phenoxy) is 4. The van der Waals surface area contributed by atoms with Crippen molar-refractivity contribution in [2.45, 2.75) is 23.6 Å². The summed E-state index contributed by atoms with van der Waals surface area (Å²) in [7, 11) is 0. The molecule has 0 saturated carbocycles. The van der Waals surface area contributed by atoms with Crippen LogP contribution in [0.25, 0.3) is 33.4 Å². The molecule has 4 aromatic carbocycles. The Morgan fingerprint density at radius 2 is 1.15 bits per heavy atom. The van der Waals surface area contributed by atoms with Crippen molar-refractivity contribution in [3.8, 4) is 22.9 Å². The SMILES string of the molecule is CCOCCOC(=O)CSc1ccc2nn(-c3cc(C(=O)c4ccccc4)c(O)c(-n4nc5ccc(SCC(=O)OCCOCC)cc5n4)c3O)nc2c1. The summed E-state index contributed by atoms with van der Waals surface area (Å²) in [5.74, 6) is -2.22. The average Bonchev–Trinajstić information content (AvgIpc) is 3.80. The lowest BCUT2D eigenvalue weighted by Crippen LogP contribution is -2.12. The van der Waals surface area contributed by atoms with Crippen LogP contribution in [0.2, 0.25) is 0 Å². The largest absolute Gasteiger partial charge is 0.505 e. The van der Waals surface area contributed by atoms with E-state index >= 15 is 0 Å². The number of fused-ring (bicyclic) bond motifs is 2. The molecule has 15 nitrogen and oxygen atoms in total.